The van der Waals surface area contributed by atoms with Gasteiger partial charge in [-0.3, -0.25) is 0 Å². The Hall–Kier alpha value is -1.86. The summed E-state index contributed by atoms with van der Waals surface area (Å²) >= 11 is 1.49. The van der Waals surface area contributed by atoms with E-state index in [-0.39, 0.29) is 0 Å². The minimum Gasteiger partial charge on any atom is -0.389 e. The van der Waals surface area contributed by atoms with Crippen molar-refractivity contribution in [2.24, 2.45) is 0 Å². The SMILES string of the molecule is CC(C)c1nc(-c2ccccc2C#N)c(N)s1. The van der Waals surface area contributed by atoms with Gasteiger partial charge in [0, 0.05) is 11.5 Å². The first-order chi connectivity index (χ1) is 8.13. The van der Waals surface area contributed by atoms with Gasteiger partial charge in [-0.15, -0.1) is 11.3 Å². The maximum Gasteiger partial charge on any atom is 0.114 e. The molecule has 4 heteroatoms. The molecule has 0 unspecified atom stereocenters. The van der Waals surface area contributed by atoms with E-state index in [9.17, 15) is 0 Å². The summed E-state index contributed by atoms with van der Waals surface area (Å²) in [7, 11) is 0. The molecule has 0 saturated heterocycles. The van der Waals surface area contributed by atoms with E-state index < -0.39 is 0 Å². The highest BCUT2D eigenvalue weighted by atomic mass is 32.1. The molecule has 2 aromatic rings. The van der Waals surface area contributed by atoms with Crippen LogP contribution in [-0.4, -0.2) is 4.98 Å². The lowest BCUT2D eigenvalue weighted by Crippen LogP contribution is -1.90. The van der Waals surface area contributed by atoms with Crippen molar-refractivity contribution in [3.63, 3.8) is 0 Å². The van der Waals surface area contributed by atoms with Gasteiger partial charge >= 0.3 is 0 Å². The lowest BCUT2D eigenvalue weighted by atomic mass is 10.1. The second kappa shape index (κ2) is 4.56. The average Bonchev–Trinajstić information content (AvgIpc) is 2.71. The van der Waals surface area contributed by atoms with Gasteiger partial charge in [0.25, 0.3) is 0 Å². The molecule has 3 nitrogen and oxygen atoms in total. The summed E-state index contributed by atoms with van der Waals surface area (Å²) < 4.78 is 0. The third-order valence-electron chi connectivity index (χ3n) is 2.47. The third-order valence-corrected chi connectivity index (χ3v) is 3.65. The monoisotopic (exact) mass is 243 g/mol. The van der Waals surface area contributed by atoms with Crippen LogP contribution in [0.2, 0.25) is 0 Å². The second-order valence-corrected chi connectivity index (χ2v) is 5.14. The van der Waals surface area contributed by atoms with Crippen molar-refractivity contribution in [2.75, 3.05) is 5.73 Å². The van der Waals surface area contributed by atoms with Crippen LogP contribution in [0.4, 0.5) is 5.00 Å². The Bertz CT molecular complexity index is 579. The highest BCUT2D eigenvalue weighted by Gasteiger charge is 2.15. The molecule has 1 heterocycles. The van der Waals surface area contributed by atoms with Crippen LogP contribution in [0, 0.1) is 11.3 Å². The quantitative estimate of drug-likeness (QED) is 0.879. The fraction of sp³-hybridized carbons (Fsp3) is 0.231. The number of aromatic nitrogens is 1. The maximum atomic E-state index is 9.07. The average molecular weight is 243 g/mol. The molecular formula is C13H13N3S. The van der Waals surface area contributed by atoms with Gasteiger partial charge in [-0.1, -0.05) is 32.0 Å². The van der Waals surface area contributed by atoms with Crippen LogP contribution in [0.5, 0.6) is 0 Å². The fourth-order valence-corrected chi connectivity index (χ4v) is 2.43. The van der Waals surface area contributed by atoms with Gasteiger partial charge in [0.05, 0.1) is 16.6 Å². The number of hydrogen-bond acceptors (Lipinski definition) is 4. The zero-order valence-electron chi connectivity index (χ0n) is 9.77. The highest BCUT2D eigenvalue weighted by molar-refractivity contribution is 7.16. The van der Waals surface area contributed by atoms with Crippen molar-refractivity contribution in [1.29, 1.82) is 5.26 Å². The van der Waals surface area contributed by atoms with Gasteiger partial charge in [-0.25, -0.2) is 4.98 Å². The number of rotatable bonds is 2. The zero-order valence-corrected chi connectivity index (χ0v) is 10.6. The van der Waals surface area contributed by atoms with Gasteiger partial charge in [0.2, 0.25) is 0 Å². The predicted octanol–water partition coefficient (Wildman–Crippen LogP) is 3.39. The molecular weight excluding hydrogens is 230 g/mol. The standard InChI is InChI=1S/C13H13N3S/c1-8(2)13-16-11(12(15)17-13)10-6-4-3-5-9(10)7-14/h3-6,8H,15H2,1-2H3. The van der Waals surface area contributed by atoms with Crippen LogP contribution in [0.3, 0.4) is 0 Å². The van der Waals surface area contributed by atoms with Crippen LogP contribution >= 0.6 is 11.3 Å². The Morgan fingerprint density at radius 2 is 2.06 bits per heavy atom. The minimum absolute atomic E-state index is 0.352. The normalized spacial score (nSPS) is 10.5. The molecule has 0 aliphatic rings. The topological polar surface area (TPSA) is 62.7 Å². The molecule has 1 aromatic carbocycles. The van der Waals surface area contributed by atoms with E-state index in [1.54, 1.807) is 6.07 Å². The molecule has 0 spiro atoms. The van der Waals surface area contributed by atoms with Crippen LogP contribution in [0.25, 0.3) is 11.3 Å². The van der Waals surface area contributed by atoms with Crippen LogP contribution in [-0.2, 0) is 0 Å². The van der Waals surface area contributed by atoms with Crippen LogP contribution in [0.15, 0.2) is 24.3 Å². The van der Waals surface area contributed by atoms with E-state index in [2.05, 4.69) is 24.9 Å². The van der Waals surface area contributed by atoms with Gasteiger partial charge in [-0.2, -0.15) is 5.26 Å². The van der Waals surface area contributed by atoms with E-state index in [1.807, 2.05) is 18.2 Å². The number of anilines is 1. The van der Waals surface area contributed by atoms with Gasteiger partial charge in [0.15, 0.2) is 0 Å². The molecule has 0 radical (unpaired) electrons. The number of nitrogen functional groups attached to an aromatic ring is 1. The Morgan fingerprint density at radius 1 is 1.35 bits per heavy atom. The largest absolute Gasteiger partial charge is 0.389 e. The van der Waals surface area contributed by atoms with E-state index in [4.69, 9.17) is 11.0 Å². The molecule has 17 heavy (non-hydrogen) atoms. The Morgan fingerprint density at radius 3 is 2.65 bits per heavy atom. The van der Waals surface area contributed by atoms with Crippen molar-refractivity contribution in [3.05, 3.63) is 34.8 Å². The van der Waals surface area contributed by atoms with Crippen molar-refractivity contribution >= 4 is 16.3 Å². The number of hydrogen-bond donors (Lipinski definition) is 1. The molecule has 1 aromatic heterocycles. The fourth-order valence-electron chi connectivity index (χ4n) is 1.58. The summed E-state index contributed by atoms with van der Waals surface area (Å²) in [6.45, 7) is 4.16. The first-order valence-electron chi connectivity index (χ1n) is 5.39. The van der Waals surface area contributed by atoms with Crippen molar-refractivity contribution in [2.45, 2.75) is 19.8 Å². The minimum atomic E-state index is 0.352. The molecule has 86 valence electrons. The highest BCUT2D eigenvalue weighted by Crippen LogP contribution is 2.34. The summed E-state index contributed by atoms with van der Waals surface area (Å²) in [6.07, 6.45) is 0. The Kier molecular flexibility index (Phi) is 3.12. The van der Waals surface area contributed by atoms with Crippen molar-refractivity contribution in [3.8, 4) is 17.3 Å². The van der Waals surface area contributed by atoms with Gasteiger partial charge < -0.3 is 5.73 Å². The van der Waals surface area contributed by atoms with Crippen molar-refractivity contribution < 1.29 is 0 Å². The molecule has 0 aliphatic carbocycles. The third kappa shape index (κ3) is 2.15. The van der Waals surface area contributed by atoms with Gasteiger partial charge in [-0.05, 0) is 6.07 Å². The lowest BCUT2D eigenvalue weighted by Gasteiger charge is -2.01. The number of thiazole rings is 1. The van der Waals surface area contributed by atoms with Crippen LogP contribution < -0.4 is 5.73 Å². The summed E-state index contributed by atoms with van der Waals surface area (Å²) in [5.74, 6) is 0.352. The molecule has 0 fully saturated rings. The molecule has 2 N–H and O–H groups in total. The smallest absolute Gasteiger partial charge is 0.114 e. The molecule has 0 bridgehead atoms. The van der Waals surface area contributed by atoms with Crippen LogP contribution in [0.1, 0.15) is 30.3 Å². The number of nitrogens with two attached hydrogens (primary N) is 1. The van der Waals surface area contributed by atoms with Gasteiger partial charge in [0.1, 0.15) is 10.7 Å². The van der Waals surface area contributed by atoms with E-state index in [1.165, 1.54) is 11.3 Å². The molecule has 0 aliphatic heterocycles. The summed E-state index contributed by atoms with van der Waals surface area (Å²) in [4.78, 5) is 4.53. The van der Waals surface area contributed by atoms with E-state index in [0.717, 1.165) is 16.3 Å². The summed E-state index contributed by atoms with van der Waals surface area (Å²) in [5.41, 5.74) is 8.14. The Labute approximate surface area is 105 Å². The number of nitrogens with zero attached hydrogens (tertiary/aromatic N) is 2. The van der Waals surface area contributed by atoms with E-state index >= 15 is 0 Å². The van der Waals surface area contributed by atoms with Crippen molar-refractivity contribution in [1.82, 2.24) is 4.98 Å². The molecule has 2 rings (SSSR count). The lowest BCUT2D eigenvalue weighted by molar-refractivity contribution is 0.853. The van der Waals surface area contributed by atoms with E-state index in [0.29, 0.717) is 16.5 Å². The first kappa shape index (κ1) is 11.6. The summed E-state index contributed by atoms with van der Waals surface area (Å²) in [6, 6.07) is 9.57. The first-order valence-corrected chi connectivity index (χ1v) is 6.20. The predicted molar refractivity (Wildman–Crippen MR) is 70.8 cm³/mol. The Balaban J connectivity index is 2.57. The maximum absolute atomic E-state index is 9.07. The summed E-state index contributed by atoms with van der Waals surface area (Å²) in [5, 5.41) is 10.8. The zero-order chi connectivity index (χ0) is 12.4. The number of benzene rings is 1. The second-order valence-electron chi connectivity index (χ2n) is 4.08. The number of nitriles is 1. The molecule has 0 atom stereocenters. The molecule has 0 saturated carbocycles. The molecule has 0 amide bonds.